The van der Waals surface area contributed by atoms with Crippen LogP contribution in [0, 0.1) is 6.92 Å². The summed E-state index contributed by atoms with van der Waals surface area (Å²) >= 11 is 0. The number of anilines is 1. The van der Waals surface area contributed by atoms with E-state index >= 15 is 0 Å². The maximum Gasteiger partial charge on any atom is 0.242 e. The highest BCUT2D eigenvalue weighted by atomic mass is 16.2. The summed E-state index contributed by atoms with van der Waals surface area (Å²) in [7, 11) is 0. The highest BCUT2D eigenvalue weighted by Crippen LogP contribution is 2.07. The Morgan fingerprint density at radius 1 is 1.35 bits per heavy atom. The smallest absolute Gasteiger partial charge is 0.242 e. The lowest BCUT2D eigenvalue weighted by atomic mass is 10.2. The van der Waals surface area contributed by atoms with E-state index in [4.69, 9.17) is 5.73 Å². The van der Waals surface area contributed by atoms with Crippen molar-refractivity contribution in [3.8, 4) is 0 Å². The molecular weight excluding hydrogens is 294 g/mol. The Morgan fingerprint density at radius 2 is 2.09 bits per heavy atom. The lowest BCUT2D eigenvalue weighted by Gasteiger charge is -2.15. The first kappa shape index (κ1) is 18.9. The van der Waals surface area contributed by atoms with E-state index in [-0.39, 0.29) is 18.4 Å². The van der Waals surface area contributed by atoms with Crippen LogP contribution >= 0.6 is 0 Å². The van der Waals surface area contributed by atoms with Gasteiger partial charge < -0.3 is 21.7 Å². The number of carbonyl (C=O) groups is 2. The first-order valence-corrected chi connectivity index (χ1v) is 7.93. The zero-order valence-electron chi connectivity index (χ0n) is 14.1. The molecule has 0 aliphatic rings. The van der Waals surface area contributed by atoms with E-state index in [1.807, 2.05) is 13.0 Å². The number of nitrogens with one attached hydrogen (secondary N) is 3. The Hall–Kier alpha value is -2.15. The van der Waals surface area contributed by atoms with Crippen LogP contribution in [0.1, 0.15) is 37.9 Å². The molecule has 1 rings (SSSR count). The second-order valence-corrected chi connectivity index (χ2v) is 5.52. The predicted molar refractivity (Wildman–Crippen MR) is 90.6 cm³/mol. The minimum absolute atomic E-state index is 0.186. The van der Waals surface area contributed by atoms with Crippen LogP contribution in [-0.2, 0) is 16.1 Å². The molecule has 5 N–H and O–H groups in total. The first-order valence-electron chi connectivity index (χ1n) is 7.93. The van der Waals surface area contributed by atoms with Gasteiger partial charge >= 0.3 is 0 Å². The SMILES string of the molecule is CCCCNCC(=O)NC(C)C(=O)NCc1ccc(N)nc1C. The van der Waals surface area contributed by atoms with Crippen LogP contribution in [-0.4, -0.2) is 35.9 Å². The van der Waals surface area contributed by atoms with Gasteiger partial charge in [0.2, 0.25) is 11.8 Å². The van der Waals surface area contributed by atoms with Crippen molar-refractivity contribution < 1.29 is 9.59 Å². The highest BCUT2D eigenvalue weighted by molar-refractivity contribution is 5.87. The number of nitrogens with two attached hydrogens (primary N) is 1. The number of rotatable bonds is 9. The molecule has 1 atom stereocenters. The third-order valence-electron chi connectivity index (χ3n) is 3.43. The molecule has 0 spiro atoms. The van der Waals surface area contributed by atoms with E-state index in [0.717, 1.165) is 30.6 Å². The average Bonchev–Trinajstić information content (AvgIpc) is 2.50. The molecule has 1 heterocycles. The van der Waals surface area contributed by atoms with E-state index in [1.165, 1.54) is 0 Å². The van der Waals surface area contributed by atoms with Gasteiger partial charge in [-0.05, 0) is 38.4 Å². The van der Waals surface area contributed by atoms with Crippen LogP contribution in [0.15, 0.2) is 12.1 Å². The third-order valence-corrected chi connectivity index (χ3v) is 3.43. The molecule has 2 amide bonds. The van der Waals surface area contributed by atoms with Gasteiger partial charge in [-0.15, -0.1) is 0 Å². The Labute approximate surface area is 137 Å². The van der Waals surface area contributed by atoms with Crippen molar-refractivity contribution in [3.63, 3.8) is 0 Å². The van der Waals surface area contributed by atoms with Crippen molar-refractivity contribution in [2.45, 2.75) is 46.2 Å². The van der Waals surface area contributed by atoms with E-state index in [9.17, 15) is 9.59 Å². The molecule has 1 aromatic rings. The molecular formula is C16H27N5O2. The van der Waals surface area contributed by atoms with Gasteiger partial charge in [0, 0.05) is 12.2 Å². The number of pyridine rings is 1. The number of unbranched alkanes of at least 4 members (excludes halogenated alkanes) is 1. The Bertz CT molecular complexity index is 533. The van der Waals surface area contributed by atoms with Gasteiger partial charge in [-0.2, -0.15) is 0 Å². The molecule has 1 unspecified atom stereocenters. The maximum absolute atomic E-state index is 12.0. The minimum Gasteiger partial charge on any atom is -0.384 e. The number of hydrogen-bond donors (Lipinski definition) is 4. The lowest BCUT2D eigenvalue weighted by Crippen LogP contribution is -2.47. The van der Waals surface area contributed by atoms with Gasteiger partial charge in [-0.3, -0.25) is 9.59 Å². The largest absolute Gasteiger partial charge is 0.384 e. The van der Waals surface area contributed by atoms with Gasteiger partial charge in [0.05, 0.1) is 6.54 Å². The van der Waals surface area contributed by atoms with Crippen LogP contribution in [0.5, 0.6) is 0 Å². The molecule has 1 aromatic heterocycles. The van der Waals surface area contributed by atoms with Gasteiger partial charge in [0.15, 0.2) is 0 Å². The fourth-order valence-corrected chi connectivity index (χ4v) is 1.99. The van der Waals surface area contributed by atoms with Crippen LogP contribution in [0.4, 0.5) is 5.82 Å². The van der Waals surface area contributed by atoms with Crippen LogP contribution < -0.4 is 21.7 Å². The average molecular weight is 321 g/mol. The molecule has 0 fully saturated rings. The van der Waals surface area contributed by atoms with Crippen molar-refractivity contribution in [2.75, 3.05) is 18.8 Å². The summed E-state index contributed by atoms with van der Waals surface area (Å²) < 4.78 is 0. The zero-order valence-corrected chi connectivity index (χ0v) is 14.1. The number of aryl methyl sites for hydroxylation is 1. The van der Waals surface area contributed by atoms with Crippen molar-refractivity contribution in [1.82, 2.24) is 20.9 Å². The highest BCUT2D eigenvalue weighted by Gasteiger charge is 2.15. The normalized spacial score (nSPS) is 11.8. The molecule has 0 aromatic carbocycles. The zero-order chi connectivity index (χ0) is 17.2. The van der Waals surface area contributed by atoms with Gasteiger partial charge in [0.1, 0.15) is 11.9 Å². The van der Waals surface area contributed by atoms with E-state index in [0.29, 0.717) is 12.4 Å². The van der Waals surface area contributed by atoms with E-state index in [1.54, 1.807) is 13.0 Å². The molecule has 23 heavy (non-hydrogen) atoms. The van der Waals surface area contributed by atoms with Crippen LogP contribution in [0.3, 0.4) is 0 Å². The quantitative estimate of drug-likeness (QED) is 0.495. The topological polar surface area (TPSA) is 109 Å². The van der Waals surface area contributed by atoms with Gasteiger partial charge in [-0.1, -0.05) is 19.4 Å². The molecule has 128 valence electrons. The first-order chi connectivity index (χ1) is 10.9. The number of aromatic nitrogens is 1. The number of nitrogens with zero attached hydrogens (tertiary/aromatic N) is 1. The summed E-state index contributed by atoms with van der Waals surface area (Å²) in [5, 5.41) is 8.49. The van der Waals surface area contributed by atoms with Crippen molar-refractivity contribution in [3.05, 3.63) is 23.4 Å². The summed E-state index contributed by atoms with van der Waals surface area (Å²) in [6.45, 7) is 6.96. The van der Waals surface area contributed by atoms with Crippen LogP contribution in [0.2, 0.25) is 0 Å². The van der Waals surface area contributed by atoms with Gasteiger partial charge in [0.25, 0.3) is 0 Å². The van der Waals surface area contributed by atoms with Crippen molar-refractivity contribution in [1.29, 1.82) is 0 Å². The lowest BCUT2D eigenvalue weighted by molar-refractivity contribution is -0.128. The van der Waals surface area contributed by atoms with Crippen molar-refractivity contribution >= 4 is 17.6 Å². The second-order valence-electron chi connectivity index (χ2n) is 5.52. The van der Waals surface area contributed by atoms with Crippen molar-refractivity contribution in [2.24, 2.45) is 0 Å². The fraction of sp³-hybridized carbons (Fsp3) is 0.562. The molecule has 0 aliphatic carbocycles. The van der Waals surface area contributed by atoms with Crippen LogP contribution in [0.25, 0.3) is 0 Å². The molecule has 7 heteroatoms. The fourth-order valence-electron chi connectivity index (χ4n) is 1.99. The Morgan fingerprint density at radius 3 is 2.74 bits per heavy atom. The summed E-state index contributed by atoms with van der Waals surface area (Å²) in [6.07, 6.45) is 2.10. The van der Waals surface area contributed by atoms with E-state index in [2.05, 4.69) is 27.9 Å². The standard InChI is InChI=1S/C16H27N5O2/c1-4-5-8-18-10-15(22)21-12(3)16(23)19-9-13-6-7-14(17)20-11(13)2/h6-7,12,18H,4-5,8-10H2,1-3H3,(H2,17,20)(H,19,23)(H,21,22). The molecule has 7 nitrogen and oxygen atoms in total. The number of nitrogen functional groups attached to an aromatic ring is 1. The molecule has 0 saturated carbocycles. The second kappa shape index (κ2) is 9.78. The number of carbonyl (C=O) groups excluding carboxylic acids is 2. The minimum atomic E-state index is -0.586. The summed E-state index contributed by atoms with van der Waals surface area (Å²) in [5.74, 6) is 0.0333. The van der Waals surface area contributed by atoms with E-state index < -0.39 is 6.04 Å². The molecule has 0 bridgehead atoms. The number of hydrogen-bond acceptors (Lipinski definition) is 5. The monoisotopic (exact) mass is 321 g/mol. The van der Waals surface area contributed by atoms with Gasteiger partial charge in [-0.25, -0.2) is 4.98 Å². The Kier molecular flexibility index (Phi) is 8.04. The Balaban J connectivity index is 2.34. The summed E-state index contributed by atoms with van der Waals surface area (Å²) in [6, 6.07) is 2.94. The summed E-state index contributed by atoms with van der Waals surface area (Å²) in [5.41, 5.74) is 7.27. The predicted octanol–water partition coefficient (Wildman–Crippen LogP) is 0.483. The number of amides is 2. The maximum atomic E-state index is 12.0. The third kappa shape index (κ3) is 7.10. The summed E-state index contributed by atoms with van der Waals surface area (Å²) in [4.78, 5) is 27.9. The molecule has 0 saturated heterocycles. The molecule has 0 radical (unpaired) electrons. The molecule has 0 aliphatic heterocycles.